The lowest BCUT2D eigenvalue weighted by atomic mass is 10.2. The third-order valence-corrected chi connectivity index (χ3v) is 6.26. The Balaban J connectivity index is 1.75. The van der Waals surface area contributed by atoms with E-state index in [1.807, 2.05) is 6.92 Å². The van der Waals surface area contributed by atoms with Gasteiger partial charge in [-0.1, -0.05) is 17.7 Å². The van der Waals surface area contributed by atoms with E-state index in [1.54, 1.807) is 12.1 Å². The van der Waals surface area contributed by atoms with E-state index in [4.69, 9.17) is 4.74 Å². The molecule has 0 amide bonds. The van der Waals surface area contributed by atoms with E-state index in [0.29, 0.717) is 5.69 Å². The minimum atomic E-state index is -3.94. The molecule has 2 atom stereocenters. The molecule has 0 aliphatic carbocycles. The fourth-order valence-corrected chi connectivity index (χ4v) is 4.35. The maximum absolute atomic E-state index is 12.6. The maximum atomic E-state index is 12.6. The summed E-state index contributed by atoms with van der Waals surface area (Å²) in [6.45, 7) is 2.64. The molecule has 1 fully saturated rings. The van der Waals surface area contributed by atoms with Gasteiger partial charge < -0.3 is 10.1 Å². The topological polar surface area (TPSA) is 119 Å². The van der Waals surface area contributed by atoms with Crippen molar-refractivity contribution >= 4 is 21.9 Å². The van der Waals surface area contributed by atoms with Gasteiger partial charge in [-0.3, -0.25) is 14.2 Å². The van der Waals surface area contributed by atoms with Gasteiger partial charge in [-0.2, -0.15) is 4.72 Å². The number of aromatic nitrogens is 2. The highest BCUT2D eigenvalue weighted by molar-refractivity contribution is 7.89. The molecular formula is C19H24N4O5S. The molecule has 2 heterocycles. The van der Waals surface area contributed by atoms with E-state index >= 15 is 0 Å². The second-order valence-electron chi connectivity index (χ2n) is 6.97. The molecule has 10 heteroatoms. The van der Waals surface area contributed by atoms with Crippen LogP contribution in [0.25, 0.3) is 0 Å². The van der Waals surface area contributed by atoms with E-state index in [0.717, 1.165) is 24.9 Å². The lowest BCUT2D eigenvalue weighted by Gasteiger charge is -2.16. The average Bonchev–Trinajstić information content (AvgIpc) is 3.39. The van der Waals surface area contributed by atoms with Crippen molar-refractivity contribution in [1.82, 2.24) is 19.6 Å². The SMILES string of the molecule is COC(=O)[C@H](Cc1cn(C(=O)[C@@H]2CCCN2)cn1)NS(=O)(=O)c1ccc(C)cc1. The number of nitrogens with one attached hydrogen (secondary N) is 2. The van der Waals surface area contributed by atoms with Crippen molar-refractivity contribution in [1.29, 1.82) is 0 Å². The van der Waals surface area contributed by atoms with Crippen LogP contribution in [0.15, 0.2) is 41.7 Å². The fourth-order valence-electron chi connectivity index (χ4n) is 3.16. The van der Waals surface area contributed by atoms with E-state index < -0.39 is 22.0 Å². The smallest absolute Gasteiger partial charge is 0.324 e. The van der Waals surface area contributed by atoms with Crippen LogP contribution in [0, 0.1) is 6.92 Å². The lowest BCUT2D eigenvalue weighted by molar-refractivity contribution is -0.142. The molecule has 156 valence electrons. The predicted octanol–water partition coefficient (Wildman–Crippen LogP) is 0.646. The summed E-state index contributed by atoms with van der Waals surface area (Å²) in [4.78, 5) is 28.8. The Morgan fingerprint density at radius 2 is 2.07 bits per heavy atom. The highest BCUT2D eigenvalue weighted by Gasteiger charge is 2.28. The van der Waals surface area contributed by atoms with Crippen LogP contribution in [-0.2, 0) is 26.0 Å². The first kappa shape index (κ1) is 21.2. The van der Waals surface area contributed by atoms with Crippen LogP contribution in [0.4, 0.5) is 0 Å². The minimum Gasteiger partial charge on any atom is -0.468 e. The van der Waals surface area contributed by atoms with E-state index in [1.165, 1.54) is 36.3 Å². The Labute approximate surface area is 169 Å². The summed E-state index contributed by atoms with van der Waals surface area (Å²) in [6.07, 6.45) is 4.53. The summed E-state index contributed by atoms with van der Waals surface area (Å²) < 4.78 is 33.8. The van der Waals surface area contributed by atoms with Crippen molar-refractivity contribution in [2.24, 2.45) is 0 Å². The molecule has 0 unspecified atom stereocenters. The summed E-state index contributed by atoms with van der Waals surface area (Å²) >= 11 is 0. The van der Waals surface area contributed by atoms with Gasteiger partial charge in [0.25, 0.3) is 0 Å². The molecule has 0 spiro atoms. The first-order chi connectivity index (χ1) is 13.8. The molecule has 0 bridgehead atoms. The van der Waals surface area contributed by atoms with Gasteiger partial charge in [0.1, 0.15) is 12.4 Å². The Bertz CT molecular complexity index is 978. The van der Waals surface area contributed by atoms with Gasteiger partial charge in [0.15, 0.2) is 0 Å². The third kappa shape index (κ3) is 5.08. The number of nitrogens with zero attached hydrogens (tertiary/aromatic N) is 2. The monoisotopic (exact) mass is 420 g/mol. The number of ether oxygens (including phenoxy) is 1. The molecule has 0 saturated carbocycles. The number of aryl methyl sites for hydroxylation is 1. The average molecular weight is 420 g/mol. The Morgan fingerprint density at radius 1 is 1.34 bits per heavy atom. The van der Waals surface area contributed by atoms with Gasteiger partial charge in [-0.15, -0.1) is 0 Å². The summed E-state index contributed by atoms with van der Waals surface area (Å²) in [5.41, 5.74) is 1.32. The summed E-state index contributed by atoms with van der Waals surface area (Å²) in [7, 11) is -2.75. The van der Waals surface area contributed by atoms with Crippen molar-refractivity contribution < 1.29 is 22.7 Å². The quantitative estimate of drug-likeness (QED) is 0.631. The van der Waals surface area contributed by atoms with Crippen molar-refractivity contribution in [2.75, 3.05) is 13.7 Å². The number of carbonyl (C=O) groups excluding carboxylic acids is 2. The van der Waals surface area contributed by atoms with Crippen LogP contribution < -0.4 is 10.0 Å². The first-order valence-corrected chi connectivity index (χ1v) is 10.8. The van der Waals surface area contributed by atoms with Gasteiger partial charge in [-0.25, -0.2) is 13.4 Å². The van der Waals surface area contributed by atoms with Crippen LogP contribution in [0.5, 0.6) is 0 Å². The van der Waals surface area contributed by atoms with Crippen LogP contribution in [0.2, 0.25) is 0 Å². The number of sulfonamides is 1. The number of methoxy groups -OCH3 is 1. The number of hydrogen-bond acceptors (Lipinski definition) is 7. The standard InChI is InChI=1S/C19H24N4O5S/c1-13-5-7-15(8-6-13)29(26,27)22-17(19(25)28-2)10-14-11-23(12-21-14)18(24)16-4-3-9-20-16/h5-8,11-12,16-17,20,22H,3-4,9-10H2,1-2H3/t16-,17-/m0/s1. The van der Waals surface area contributed by atoms with Crippen molar-refractivity contribution in [3.8, 4) is 0 Å². The molecule has 1 aliphatic rings. The highest BCUT2D eigenvalue weighted by atomic mass is 32.2. The lowest BCUT2D eigenvalue weighted by Crippen LogP contribution is -2.43. The number of rotatable bonds is 7. The zero-order valence-corrected chi connectivity index (χ0v) is 17.1. The molecule has 1 aromatic heterocycles. The Hall–Kier alpha value is -2.56. The zero-order valence-electron chi connectivity index (χ0n) is 16.3. The number of benzene rings is 1. The third-order valence-electron chi connectivity index (χ3n) is 4.78. The van der Waals surface area contributed by atoms with E-state index in [-0.39, 0.29) is 23.3 Å². The minimum absolute atomic E-state index is 0.0455. The molecule has 29 heavy (non-hydrogen) atoms. The summed E-state index contributed by atoms with van der Waals surface area (Å²) in [5, 5.41) is 3.12. The van der Waals surface area contributed by atoms with Gasteiger partial charge >= 0.3 is 5.97 Å². The van der Waals surface area contributed by atoms with Crippen LogP contribution >= 0.6 is 0 Å². The molecule has 2 N–H and O–H groups in total. The summed E-state index contributed by atoms with van der Waals surface area (Å²) in [5.74, 6) is -0.866. The fraction of sp³-hybridized carbons (Fsp3) is 0.421. The first-order valence-electron chi connectivity index (χ1n) is 9.27. The molecule has 1 aliphatic heterocycles. The summed E-state index contributed by atoms with van der Waals surface area (Å²) in [6, 6.07) is 4.85. The van der Waals surface area contributed by atoms with Gasteiger partial charge in [0.05, 0.1) is 23.7 Å². The number of esters is 1. The van der Waals surface area contributed by atoms with Crippen LogP contribution in [0.1, 0.15) is 28.9 Å². The Kier molecular flexibility index (Phi) is 6.46. The zero-order chi connectivity index (χ0) is 21.0. The van der Waals surface area contributed by atoms with E-state index in [2.05, 4.69) is 15.0 Å². The van der Waals surface area contributed by atoms with Gasteiger partial charge in [0, 0.05) is 12.6 Å². The molecule has 2 aromatic rings. The van der Waals surface area contributed by atoms with Crippen LogP contribution in [0.3, 0.4) is 0 Å². The highest BCUT2D eigenvalue weighted by Crippen LogP contribution is 2.13. The second kappa shape index (κ2) is 8.85. The number of imidazole rings is 1. The van der Waals surface area contributed by atoms with Crippen molar-refractivity contribution in [2.45, 2.75) is 43.2 Å². The molecule has 1 aromatic carbocycles. The molecule has 1 saturated heterocycles. The van der Waals surface area contributed by atoms with Gasteiger partial charge in [-0.05, 0) is 38.4 Å². The number of hydrogen-bond donors (Lipinski definition) is 2. The predicted molar refractivity (Wildman–Crippen MR) is 105 cm³/mol. The molecular weight excluding hydrogens is 396 g/mol. The molecule has 9 nitrogen and oxygen atoms in total. The number of carbonyl (C=O) groups is 2. The van der Waals surface area contributed by atoms with Gasteiger partial charge in [0.2, 0.25) is 15.9 Å². The van der Waals surface area contributed by atoms with Crippen molar-refractivity contribution in [3.05, 3.63) is 48.0 Å². The van der Waals surface area contributed by atoms with Crippen LogP contribution in [-0.4, -0.2) is 55.6 Å². The Morgan fingerprint density at radius 3 is 2.69 bits per heavy atom. The largest absolute Gasteiger partial charge is 0.468 e. The van der Waals surface area contributed by atoms with Crippen molar-refractivity contribution in [3.63, 3.8) is 0 Å². The molecule has 3 rings (SSSR count). The molecule has 0 radical (unpaired) electrons. The second-order valence-corrected chi connectivity index (χ2v) is 8.69. The normalized spacial score (nSPS) is 17.8. The maximum Gasteiger partial charge on any atom is 0.324 e. The van der Waals surface area contributed by atoms with E-state index in [9.17, 15) is 18.0 Å².